The van der Waals surface area contributed by atoms with E-state index in [1.165, 1.54) is 4.90 Å². The molecule has 1 aliphatic heterocycles. The van der Waals surface area contributed by atoms with E-state index in [0.717, 1.165) is 6.33 Å². The van der Waals surface area contributed by atoms with Gasteiger partial charge in [-0.2, -0.15) is 13.2 Å². The van der Waals surface area contributed by atoms with Gasteiger partial charge in [0.2, 0.25) is 11.0 Å². The van der Waals surface area contributed by atoms with Crippen LogP contribution in [0, 0.1) is 16.0 Å². The molecular formula is C10H10ClF3N4O2. The molecule has 1 aromatic heterocycles. The van der Waals surface area contributed by atoms with E-state index in [4.69, 9.17) is 11.6 Å². The van der Waals surface area contributed by atoms with Crippen molar-refractivity contribution in [2.24, 2.45) is 5.92 Å². The van der Waals surface area contributed by atoms with Crippen LogP contribution in [-0.4, -0.2) is 34.2 Å². The summed E-state index contributed by atoms with van der Waals surface area (Å²) in [6.45, 7) is -0.0988. The normalized spacial score (nSPS) is 20.0. The molecule has 0 spiro atoms. The SMILES string of the molecule is O=[N+]([O-])c1c(Cl)ncnc1N1CCCC(C(F)(F)F)C1. The van der Waals surface area contributed by atoms with Crippen LogP contribution in [0.4, 0.5) is 24.7 Å². The maximum atomic E-state index is 12.7. The zero-order valence-corrected chi connectivity index (χ0v) is 10.9. The number of piperidine rings is 1. The van der Waals surface area contributed by atoms with Crippen molar-refractivity contribution in [2.75, 3.05) is 18.0 Å². The summed E-state index contributed by atoms with van der Waals surface area (Å²) in [6.07, 6.45) is -3.04. The molecule has 0 amide bonds. The van der Waals surface area contributed by atoms with Gasteiger partial charge in [-0.15, -0.1) is 0 Å². The van der Waals surface area contributed by atoms with Crippen molar-refractivity contribution >= 4 is 23.1 Å². The van der Waals surface area contributed by atoms with Crippen LogP contribution in [0.1, 0.15) is 12.8 Å². The Morgan fingerprint density at radius 3 is 2.75 bits per heavy atom. The lowest BCUT2D eigenvalue weighted by molar-refractivity contribution is -0.384. The predicted octanol–water partition coefficient (Wildman–Crippen LogP) is 2.82. The summed E-state index contributed by atoms with van der Waals surface area (Å²) >= 11 is 5.63. The van der Waals surface area contributed by atoms with Crippen molar-refractivity contribution in [3.05, 3.63) is 21.6 Å². The van der Waals surface area contributed by atoms with Gasteiger partial charge in [0.25, 0.3) is 0 Å². The monoisotopic (exact) mass is 310 g/mol. The molecule has 0 aliphatic carbocycles. The molecule has 2 rings (SSSR count). The molecular weight excluding hydrogens is 301 g/mol. The highest BCUT2D eigenvalue weighted by Crippen LogP contribution is 2.38. The van der Waals surface area contributed by atoms with Crippen LogP contribution in [0.5, 0.6) is 0 Å². The second-order valence-electron chi connectivity index (χ2n) is 4.42. The molecule has 0 radical (unpaired) electrons. The zero-order chi connectivity index (χ0) is 14.9. The largest absolute Gasteiger partial charge is 0.393 e. The summed E-state index contributed by atoms with van der Waals surface area (Å²) in [5, 5.41) is 10.6. The third-order valence-electron chi connectivity index (χ3n) is 3.12. The van der Waals surface area contributed by atoms with E-state index < -0.39 is 22.7 Å². The van der Waals surface area contributed by atoms with Gasteiger partial charge in [0.05, 0.1) is 10.8 Å². The lowest BCUT2D eigenvalue weighted by Crippen LogP contribution is -2.42. The molecule has 110 valence electrons. The molecule has 0 N–H and O–H groups in total. The van der Waals surface area contributed by atoms with Crippen LogP contribution in [0.2, 0.25) is 5.15 Å². The highest BCUT2D eigenvalue weighted by molar-refractivity contribution is 6.31. The average Bonchev–Trinajstić information content (AvgIpc) is 2.37. The molecule has 1 atom stereocenters. The van der Waals surface area contributed by atoms with Gasteiger partial charge in [-0.25, -0.2) is 9.97 Å². The van der Waals surface area contributed by atoms with Crippen LogP contribution >= 0.6 is 11.6 Å². The predicted molar refractivity (Wildman–Crippen MR) is 64.7 cm³/mol. The Labute approximate surface area is 116 Å². The van der Waals surface area contributed by atoms with E-state index in [2.05, 4.69) is 9.97 Å². The highest BCUT2D eigenvalue weighted by atomic mass is 35.5. The second kappa shape index (κ2) is 5.39. The Morgan fingerprint density at radius 2 is 2.15 bits per heavy atom. The van der Waals surface area contributed by atoms with Crippen molar-refractivity contribution in [1.82, 2.24) is 9.97 Å². The molecule has 0 aromatic carbocycles. The van der Waals surface area contributed by atoms with Crippen LogP contribution in [-0.2, 0) is 0 Å². The van der Waals surface area contributed by atoms with Crippen molar-refractivity contribution in [3.63, 3.8) is 0 Å². The zero-order valence-electron chi connectivity index (χ0n) is 10.1. The number of nitro groups is 1. The summed E-state index contributed by atoms with van der Waals surface area (Å²) in [6, 6.07) is 0. The summed E-state index contributed by atoms with van der Waals surface area (Å²) in [5.41, 5.74) is -0.558. The number of rotatable bonds is 2. The molecule has 1 unspecified atom stereocenters. The number of hydrogen-bond acceptors (Lipinski definition) is 5. The number of aromatic nitrogens is 2. The van der Waals surface area contributed by atoms with Gasteiger partial charge in [-0.1, -0.05) is 11.6 Å². The standard InChI is InChI=1S/C10H10ClF3N4O2/c11-8-7(18(19)20)9(16-5-15-8)17-3-1-2-6(4-17)10(12,13)14/h5-6H,1-4H2. The third kappa shape index (κ3) is 2.92. The Morgan fingerprint density at radius 1 is 1.45 bits per heavy atom. The van der Waals surface area contributed by atoms with Crippen LogP contribution < -0.4 is 4.90 Å². The lowest BCUT2D eigenvalue weighted by Gasteiger charge is -2.34. The minimum Gasteiger partial charge on any atom is -0.350 e. The third-order valence-corrected chi connectivity index (χ3v) is 3.40. The first-order valence-electron chi connectivity index (χ1n) is 5.77. The average molecular weight is 311 g/mol. The molecule has 1 fully saturated rings. The second-order valence-corrected chi connectivity index (χ2v) is 4.78. The summed E-state index contributed by atoms with van der Waals surface area (Å²) in [7, 11) is 0. The Hall–Kier alpha value is -1.64. The minimum atomic E-state index is -4.33. The number of anilines is 1. The van der Waals surface area contributed by atoms with E-state index in [1.54, 1.807) is 0 Å². The quantitative estimate of drug-likeness (QED) is 0.477. The number of alkyl halides is 3. The minimum absolute atomic E-state index is 0.00656. The van der Waals surface area contributed by atoms with Gasteiger partial charge in [-0.05, 0) is 12.8 Å². The van der Waals surface area contributed by atoms with Crippen molar-refractivity contribution in [2.45, 2.75) is 19.0 Å². The lowest BCUT2D eigenvalue weighted by atomic mass is 9.97. The van der Waals surface area contributed by atoms with E-state index in [1.807, 2.05) is 0 Å². The van der Waals surface area contributed by atoms with Crippen LogP contribution in [0.25, 0.3) is 0 Å². The summed E-state index contributed by atoms with van der Waals surface area (Å²) in [5.74, 6) is -1.69. The molecule has 1 saturated heterocycles. The number of hydrogen-bond donors (Lipinski definition) is 0. The fraction of sp³-hybridized carbons (Fsp3) is 0.600. The highest BCUT2D eigenvalue weighted by Gasteiger charge is 2.43. The topological polar surface area (TPSA) is 72.2 Å². The summed E-state index contributed by atoms with van der Waals surface area (Å²) in [4.78, 5) is 18.6. The smallest absolute Gasteiger partial charge is 0.350 e. The van der Waals surface area contributed by atoms with Gasteiger partial charge in [0.1, 0.15) is 6.33 Å². The first-order valence-corrected chi connectivity index (χ1v) is 6.15. The van der Waals surface area contributed by atoms with Gasteiger partial charge < -0.3 is 4.90 Å². The summed E-state index contributed by atoms with van der Waals surface area (Å²) < 4.78 is 38.2. The maximum absolute atomic E-state index is 12.7. The Bertz CT molecular complexity index is 526. The fourth-order valence-corrected chi connectivity index (χ4v) is 2.37. The van der Waals surface area contributed by atoms with Gasteiger partial charge >= 0.3 is 11.9 Å². The van der Waals surface area contributed by atoms with Gasteiger partial charge in [-0.3, -0.25) is 10.1 Å². The molecule has 10 heteroatoms. The van der Waals surface area contributed by atoms with Crippen LogP contribution in [0.3, 0.4) is 0 Å². The van der Waals surface area contributed by atoms with Crippen LogP contribution in [0.15, 0.2) is 6.33 Å². The van der Waals surface area contributed by atoms with E-state index in [0.29, 0.717) is 0 Å². The Balaban J connectivity index is 2.32. The molecule has 20 heavy (non-hydrogen) atoms. The van der Waals surface area contributed by atoms with Crippen molar-refractivity contribution < 1.29 is 18.1 Å². The van der Waals surface area contributed by atoms with Gasteiger partial charge in [0, 0.05) is 13.1 Å². The number of nitrogens with zero attached hydrogens (tertiary/aromatic N) is 4. The van der Waals surface area contributed by atoms with Crippen molar-refractivity contribution in [3.8, 4) is 0 Å². The van der Waals surface area contributed by atoms with Crippen molar-refractivity contribution in [1.29, 1.82) is 0 Å². The fourth-order valence-electron chi connectivity index (χ4n) is 2.17. The molecule has 1 aliphatic rings. The molecule has 0 saturated carbocycles. The first kappa shape index (κ1) is 14.8. The molecule has 2 heterocycles. The van der Waals surface area contributed by atoms with E-state index >= 15 is 0 Å². The molecule has 6 nitrogen and oxygen atoms in total. The van der Waals surface area contributed by atoms with E-state index in [9.17, 15) is 23.3 Å². The first-order chi connectivity index (χ1) is 9.30. The van der Waals surface area contributed by atoms with Gasteiger partial charge in [0.15, 0.2) is 0 Å². The Kier molecular flexibility index (Phi) is 3.98. The molecule has 1 aromatic rings. The number of halogens is 4. The maximum Gasteiger partial charge on any atom is 0.393 e. The van der Waals surface area contributed by atoms with E-state index in [-0.39, 0.29) is 36.9 Å². The molecule has 0 bridgehead atoms.